The molecular formula is C15H15BrN4O7. The number of carbonyl (C=O) groups is 3. The van der Waals surface area contributed by atoms with Crippen molar-refractivity contribution in [3.05, 3.63) is 43.6 Å². The number of esters is 1. The summed E-state index contributed by atoms with van der Waals surface area (Å²) in [7, 11) is 1.13. The van der Waals surface area contributed by atoms with E-state index >= 15 is 0 Å². The van der Waals surface area contributed by atoms with Gasteiger partial charge in [0.1, 0.15) is 11.4 Å². The number of aliphatic hydroxyl groups excluding tert-OH is 1. The quantitative estimate of drug-likeness (QED) is 0.304. The van der Waals surface area contributed by atoms with Crippen molar-refractivity contribution in [2.75, 3.05) is 32.1 Å². The van der Waals surface area contributed by atoms with Crippen LogP contribution in [0.5, 0.6) is 0 Å². The lowest BCUT2D eigenvalue weighted by Gasteiger charge is -2.15. The number of ether oxygens (including phenoxy) is 1. The number of methoxy groups -OCH3 is 1. The zero-order chi connectivity index (χ0) is 20.3. The van der Waals surface area contributed by atoms with Gasteiger partial charge >= 0.3 is 5.97 Å². The van der Waals surface area contributed by atoms with E-state index in [2.05, 4.69) is 26.0 Å². The fourth-order valence-electron chi connectivity index (χ4n) is 2.48. The molecular weight excluding hydrogens is 428 g/mol. The summed E-state index contributed by atoms with van der Waals surface area (Å²) in [6.45, 7) is -0.488. The Morgan fingerprint density at radius 1 is 1.48 bits per heavy atom. The van der Waals surface area contributed by atoms with E-state index in [1.807, 2.05) is 0 Å². The SMILES string of the molecule is COC(=O)C1=C(Nc2c(Br)cc(C(N)=O)cc2[N+](=O)[O-])C(=O)N(CCO)C1. The van der Waals surface area contributed by atoms with Gasteiger partial charge in [0.05, 0.1) is 30.8 Å². The number of amides is 2. The monoisotopic (exact) mass is 442 g/mol. The molecule has 1 aliphatic rings. The summed E-state index contributed by atoms with van der Waals surface area (Å²) in [6, 6.07) is 2.21. The van der Waals surface area contributed by atoms with E-state index in [0.717, 1.165) is 13.2 Å². The molecule has 27 heavy (non-hydrogen) atoms. The zero-order valence-electron chi connectivity index (χ0n) is 14.0. The number of rotatable bonds is 7. The Hall–Kier alpha value is -2.99. The molecule has 0 spiro atoms. The van der Waals surface area contributed by atoms with Gasteiger partial charge in [-0.25, -0.2) is 4.79 Å². The molecule has 0 aromatic heterocycles. The highest BCUT2D eigenvalue weighted by molar-refractivity contribution is 9.10. The van der Waals surface area contributed by atoms with Crippen LogP contribution in [0.25, 0.3) is 0 Å². The second-order valence-corrected chi connectivity index (χ2v) is 6.25. The number of aliphatic hydroxyl groups is 1. The average molecular weight is 443 g/mol. The standard InChI is InChI=1S/C15H15BrN4O7/c1-27-15(24)8-6-19(2-3-21)14(23)11(8)18-12-9(16)4-7(13(17)22)5-10(12)20(25)26/h4-5,18,21H,2-3,6H2,1H3,(H2,17,22). The van der Waals surface area contributed by atoms with Crippen LogP contribution in [0, 0.1) is 10.1 Å². The summed E-state index contributed by atoms with van der Waals surface area (Å²) in [5.74, 6) is -2.30. The predicted molar refractivity (Wildman–Crippen MR) is 95.6 cm³/mol. The van der Waals surface area contributed by atoms with Gasteiger partial charge in [-0.1, -0.05) is 0 Å². The molecule has 144 valence electrons. The lowest BCUT2D eigenvalue weighted by Crippen LogP contribution is -2.31. The topological polar surface area (TPSA) is 165 Å². The number of carbonyl (C=O) groups excluding carboxylic acids is 3. The van der Waals surface area contributed by atoms with E-state index in [1.54, 1.807) is 0 Å². The Labute approximate surface area is 161 Å². The number of nitrogens with two attached hydrogens (primary N) is 1. The molecule has 0 bridgehead atoms. The third-order valence-electron chi connectivity index (χ3n) is 3.75. The molecule has 0 unspecified atom stereocenters. The smallest absolute Gasteiger partial charge is 0.337 e. The Bertz CT molecular complexity index is 868. The minimum atomic E-state index is -0.870. The summed E-state index contributed by atoms with van der Waals surface area (Å²) in [5, 5.41) is 23.0. The van der Waals surface area contributed by atoms with Crippen LogP contribution in [-0.2, 0) is 14.3 Å². The van der Waals surface area contributed by atoms with Gasteiger partial charge in [0.2, 0.25) is 5.91 Å². The molecule has 0 saturated heterocycles. The van der Waals surface area contributed by atoms with Crippen LogP contribution < -0.4 is 11.1 Å². The Morgan fingerprint density at radius 3 is 2.67 bits per heavy atom. The maximum Gasteiger partial charge on any atom is 0.337 e. The van der Waals surface area contributed by atoms with Crippen molar-refractivity contribution in [2.45, 2.75) is 0 Å². The number of β-amino-alcohol motifs (C(OH)–C–C–N with tert-alkyl or cyclic N) is 1. The van der Waals surface area contributed by atoms with Gasteiger partial charge in [-0.15, -0.1) is 0 Å². The zero-order valence-corrected chi connectivity index (χ0v) is 15.6. The molecule has 4 N–H and O–H groups in total. The normalized spacial score (nSPS) is 13.7. The van der Waals surface area contributed by atoms with Gasteiger partial charge in [0.25, 0.3) is 11.6 Å². The number of nitrogens with one attached hydrogen (secondary N) is 1. The number of halogens is 1. The van der Waals surface area contributed by atoms with Gasteiger partial charge in [-0.05, 0) is 22.0 Å². The van der Waals surface area contributed by atoms with Crippen molar-refractivity contribution in [2.24, 2.45) is 5.73 Å². The van der Waals surface area contributed by atoms with Gasteiger partial charge in [-0.3, -0.25) is 19.7 Å². The van der Waals surface area contributed by atoms with Crippen LogP contribution in [0.15, 0.2) is 27.9 Å². The van der Waals surface area contributed by atoms with Crippen LogP contribution in [-0.4, -0.2) is 59.5 Å². The third kappa shape index (κ3) is 4.06. The molecule has 0 fully saturated rings. The van der Waals surface area contributed by atoms with E-state index in [0.29, 0.717) is 0 Å². The second-order valence-electron chi connectivity index (χ2n) is 5.39. The maximum absolute atomic E-state index is 12.5. The number of nitrogens with zero attached hydrogens (tertiary/aromatic N) is 2. The van der Waals surface area contributed by atoms with Gasteiger partial charge in [-0.2, -0.15) is 0 Å². The summed E-state index contributed by atoms with van der Waals surface area (Å²) >= 11 is 3.10. The number of nitro benzene ring substituents is 1. The lowest BCUT2D eigenvalue weighted by molar-refractivity contribution is -0.384. The number of primary amides is 1. The molecule has 0 radical (unpaired) electrons. The van der Waals surface area contributed by atoms with E-state index < -0.39 is 28.4 Å². The van der Waals surface area contributed by atoms with E-state index in [-0.39, 0.29) is 46.7 Å². The maximum atomic E-state index is 12.5. The molecule has 12 heteroatoms. The minimum Gasteiger partial charge on any atom is -0.466 e. The molecule has 0 atom stereocenters. The summed E-state index contributed by atoms with van der Waals surface area (Å²) in [5.41, 5.74) is 4.13. The average Bonchev–Trinajstić information content (AvgIpc) is 2.92. The molecule has 0 saturated carbocycles. The lowest BCUT2D eigenvalue weighted by atomic mass is 10.1. The van der Waals surface area contributed by atoms with Crippen molar-refractivity contribution in [3.63, 3.8) is 0 Å². The van der Waals surface area contributed by atoms with Crippen molar-refractivity contribution in [1.29, 1.82) is 0 Å². The predicted octanol–water partition coefficient (Wildman–Crippen LogP) is 0.130. The fraction of sp³-hybridized carbons (Fsp3) is 0.267. The first-order chi connectivity index (χ1) is 12.7. The van der Waals surface area contributed by atoms with Crippen LogP contribution in [0.3, 0.4) is 0 Å². The van der Waals surface area contributed by atoms with Crippen LogP contribution in [0.4, 0.5) is 11.4 Å². The van der Waals surface area contributed by atoms with Crippen molar-refractivity contribution >= 4 is 45.1 Å². The molecule has 11 nitrogen and oxygen atoms in total. The van der Waals surface area contributed by atoms with E-state index in [9.17, 15) is 24.5 Å². The number of anilines is 1. The molecule has 0 aliphatic carbocycles. The van der Waals surface area contributed by atoms with Crippen LogP contribution in [0.1, 0.15) is 10.4 Å². The Kier molecular flexibility index (Phi) is 6.13. The molecule has 1 aromatic carbocycles. The highest BCUT2D eigenvalue weighted by Gasteiger charge is 2.36. The van der Waals surface area contributed by atoms with E-state index in [4.69, 9.17) is 10.8 Å². The first-order valence-corrected chi connectivity index (χ1v) is 8.26. The number of hydrogen-bond donors (Lipinski definition) is 3. The summed E-state index contributed by atoms with van der Waals surface area (Å²) in [6.07, 6.45) is 0. The highest BCUT2D eigenvalue weighted by Crippen LogP contribution is 2.36. The highest BCUT2D eigenvalue weighted by atomic mass is 79.9. The summed E-state index contributed by atoms with van der Waals surface area (Å²) in [4.78, 5) is 47.7. The second kappa shape index (κ2) is 8.14. The van der Waals surface area contributed by atoms with Crippen LogP contribution in [0.2, 0.25) is 0 Å². The largest absolute Gasteiger partial charge is 0.466 e. The first kappa shape index (κ1) is 20.3. The van der Waals surface area contributed by atoms with Crippen molar-refractivity contribution < 1.29 is 29.2 Å². The Morgan fingerprint density at radius 2 is 2.15 bits per heavy atom. The molecule has 1 aliphatic heterocycles. The molecule has 2 rings (SSSR count). The van der Waals surface area contributed by atoms with Crippen molar-refractivity contribution in [3.8, 4) is 0 Å². The summed E-state index contributed by atoms with van der Waals surface area (Å²) < 4.78 is 4.74. The molecule has 1 aromatic rings. The first-order valence-electron chi connectivity index (χ1n) is 7.47. The van der Waals surface area contributed by atoms with Crippen LogP contribution >= 0.6 is 15.9 Å². The van der Waals surface area contributed by atoms with Gasteiger partial charge in [0.15, 0.2) is 0 Å². The minimum absolute atomic E-state index is 0.0333. The van der Waals surface area contributed by atoms with Gasteiger partial charge in [0, 0.05) is 22.6 Å². The fourth-order valence-corrected chi connectivity index (χ4v) is 3.02. The molecule has 1 heterocycles. The number of benzene rings is 1. The van der Waals surface area contributed by atoms with E-state index in [1.165, 1.54) is 11.0 Å². The third-order valence-corrected chi connectivity index (χ3v) is 4.38. The molecule has 2 amide bonds. The Balaban J connectivity index is 2.55. The van der Waals surface area contributed by atoms with Gasteiger partial charge < -0.3 is 25.8 Å². The number of hydrogen-bond acceptors (Lipinski definition) is 8. The number of nitro groups is 1. The van der Waals surface area contributed by atoms with Crippen molar-refractivity contribution in [1.82, 2.24) is 4.90 Å².